The van der Waals surface area contributed by atoms with E-state index in [1.54, 1.807) is 10.9 Å². The maximum absolute atomic E-state index is 12.6. The summed E-state index contributed by atoms with van der Waals surface area (Å²) in [5.74, 6) is -0.110. The van der Waals surface area contributed by atoms with Gasteiger partial charge in [0, 0.05) is 13.1 Å². The van der Waals surface area contributed by atoms with E-state index in [0.717, 1.165) is 38.0 Å². The normalized spacial score (nSPS) is 11.4. The lowest BCUT2D eigenvalue weighted by molar-refractivity contribution is 0.0955. The Morgan fingerprint density at radius 2 is 2.04 bits per heavy atom. The van der Waals surface area contributed by atoms with Crippen LogP contribution < -0.4 is 10.9 Å². The Balaban J connectivity index is 2.10. The van der Waals surface area contributed by atoms with Gasteiger partial charge in [-0.1, -0.05) is 20.8 Å². The molecule has 25 heavy (non-hydrogen) atoms. The third-order valence-corrected chi connectivity index (χ3v) is 5.62. The molecule has 0 fully saturated rings. The monoisotopic (exact) mass is 364 g/mol. The molecule has 0 aliphatic heterocycles. The summed E-state index contributed by atoms with van der Waals surface area (Å²) in [6.45, 7) is 12.4. The Morgan fingerprint density at radius 3 is 2.68 bits per heavy atom. The second kappa shape index (κ2) is 9.10. The minimum atomic E-state index is -0.110. The second-order valence-electron chi connectivity index (χ2n) is 6.12. The molecule has 0 aliphatic rings. The van der Waals surface area contributed by atoms with Gasteiger partial charge < -0.3 is 10.2 Å². The van der Waals surface area contributed by atoms with Gasteiger partial charge in [0.25, 0.3) is 11.5 Å². The van der Waals surface area contributed by atoms with Crippen LogP contribution in [0.4, 0.5) is 0 Å². The molecule has 6 nitrogen and oxygen atoms in total. The van der Waals surface area contributed by atoms with Crippen molar-refractivity contribution in [2.24, 2.45) is 0 Å². The molecule has 2 aromatic heterocycles. The molecule has 0 atom stereocenters. The lowest BCUT2D eigenvalue weighted by Gasteiger charge is -2.17. The third kappa shape index (κ3) is 4.46. The molecule has 7 heteroatoms. The van der Waals surface area contributed by atoms with Crippen LogP contribution in [0.25, 0.3) is 10.2 Å². The number of fused-ring (bicyclic) bond motifs is 1. The van der Waals surface area contributed by atoms with Crippen molar-refractivity contribution in [3.63, 3.8) is 0 Å². The Kier molecular flexibility index (Phi) is 7.13. The van der Waals surface area contributed by atoms with Crippen LogP contribution in [0.2, 0.25) is 0 Å². The Bertz CT molecular complexity index is 777. The zero-order chi connectivity index (χ0) is 18.4. The first kappa shape index (κ1) is 19.6. The average Bonchev–Trinajstić information content (AvgIpc) is 2.95. The van der Waals surface area contributed by atoms with E-state index in [4.69, 9.17) is 0 Å². The quantitative estimate of drug-likeness (QED) is 0.695. The van der Waals surface area contributed by atoms with E-state index in [-0.39, 0.29) is 11.5 Å². The van der Waals surface area contributed by atoms with Crippen LogP contribution in [0, 0.1) is 6.92 Å². The first-order chi connectivity index (χ1) is 12.0. The molecule has 2 heterocycles. The second-order valence-corrected chi connectivity index (χ2v) is 7.11. The smallest absolute Gasteiger partial charge is 0.262 e. The summed E-state index contributed by atoms with van der Waals surface area (Å²) < 4.78 is 1.62. The van der Waals surface area contributed by atoms with Crippen molar-refractivity contribution in [1.29, 1.82) is 0 Å². The maximum atomic E-state index is 12.6. The van der Waals surface area contributed by atoms with Gasteiger partial charge in [0.15, 0.2) is 0 Å². The van der Waals surface area contributed by atoms with Crippen molar-refractivity contribution in [2.75, 3.05) is 26.2 Å². The fraction of sp³-hybridized carbons (Fsp3) is 0.611. The number of carbonyl (C=O) groups is 1. The summed E-state index contributed by atoms with van der Waals surface area (Å²) in [5.41, 5.74) is 0.686. The summed E-state index contributed by atoms with van der Waals surface area (Å²) in [5, 5.41) is 3.55. The molecule has 0 radical (unpaired) electrons. The van der Waals surface area contributed by atoms with E-state index in [0.29, 0.717) is 28.2 Å². The molecule has 1 N–H and O–H groups in total. The van der Waals surface area contributed by atoms with E-state index in [9.17, 15) is 9.59 Å². The van der Waals surface area contributed by atoms with Crippen LogP contribution in [-0.4, -0.2) is 46.5 Å². The average molecular weight is 365 g/mol. The highest BCUT2D eigenvalue weighted by Crippen LogP contribution is 2.26. The van der Waals surface area contributed by atoms with E-state index < -0.39 is 0 Å². The number of aryl methyl sites for hydroxylation is 2. The Morgan fingerprint density at radius 1 is 1.32 bits per heavy atom. The fourth-order valence-electron chi connectivity index (χ4n) is 2.90. The minimum Gasteiger partial charge on any atom is -0.351 e. The molecule has 0 saturated carbocycles. The molecule has 0 aromatic carbocycles. The molecule has 2 rings (SSSR count). The molecule has 0 unspecified atom stereocenters. The van der Waals surface area contributed by atoms with Gasteiger partial charge in [0.1, 0.15) is 4.83 Å². The highest BCUT2D eigenvalue weighted by Gasteiger charge is 2.19. The van der Waals surface area contributed by atoms with Crippen molar-refractivity contribution in [1.82, 2.24) is 19.8 Å². The number of hydrogen-bond acceptors (Lipinski definition) is 5. The number of nitrogens with one attached hydrogen (secondary N) is 1. The van der Waals surface area contributed by atoms with Crippen LogP contribution in [0.3, 0.4) is 0 Å². The Hall–Kier alpha value is -1.73. The predicted octanol–water partition coefficient (Wildman–Crippen LogP) is 2.64. The fourth-order valence-corrected chi connectivity index (χ4v) is 3.96. The number of amides is 1. The van der Waals surface area contributed by atoms with Crippen LogP contribution in [0.1, 0.15) is 48.8 Å². The lowest BCUT2D eigenvalue weighted by Crippen LogP contribution is -2.29. The predicted molar refractivity (Wildman–Crippen MR) is 104 cm³/mol. The highest BCUT2D eigenvalue weighted by atomic mass is 32.1. The molecule has 0 saturated heterocycles. The van der Waals surface area contributed by atoms with Crippen LogP contribution in [0.5, 0.6) is 0 Å². The zero-order valence-corrected chi connectivity index (χ0v) is 16.4. The summed E-state index contributed by atoms with van der Waals surface area (Å²) in [6.07, 6.45) is 3.37. The number of rotatable bonds is 9. The van der Waals surface area contributed by atoms with Crippen LogP contribution in [0.15, 0.2) is 11.1 Å². The largest absolute Gasteiger partial charge is 0.351 e. The molecule has 1 amide bonds. The lowest BCUT2D eigenvalue weighted by atomic mass is 10.2. The van der Waals surface area contributed by atoms with Crippen molar-refractivity contribution in [3.8, 4) is 0 Å². The van der Waals surface area contributed by atoms with Gasteiger partial charge in [-0.3, -0.25) is 14.2 Å². The topological polar surface area (TPSA) is 67.2 Å². The van der Waals surface area contributed by atoms with Crippen molar-refractivity contribution >= 4 is 27.5 Å². The zero-order valence-electron chi connectivity index (χ0n) is 15.6. The molecular formula is C18H28N4O2S. The van der Waals surface area contributed by atoms with Gasteiger partial charge in [0.05, 0.1) is 16.6 Å². The molecule has 0 spiro atoms. The molecule has 138 valence electrons. The molecule has 0 bridgehead atoms. The minimum absolute atomic E-state index is 0.0545. The summed E-state index contributed by atoms with van der Waals surface area (Å²) in [4.78, 5) is 33.0. The highest BCUT2D eigenvalue weighted by molar-refractivity contribution is 7.20. The third-order valence-electron chi connectivity index (χ3n) is 4.42. The number of nitrogens with zero attached hydrogens (tertiary/aromatic N) is 3. The summed E-state index contributed by atoms with van der Waals surface area (Å²) >= 11 is 1.30. The Labute approximate surface area is 152 Å². The SMILES string of the molecule is CCCn1cnc2sc(C(=O)NCCCN(CC)CC)c(C)c2c1=O. The summed E-state index contributed by atoms with van der Waals surface area (Å²) in [6, 6.07) is 0. The maximum Gasteiger partial charge on any atom is 0.262 e. The number of aromatic nitrogens is 2. The molecule has 2 aromatic rings. The summed E-state index contributed by atoms with van der Waals surface area (Å²) in [7, 11) is 0. The van der Waals surface area contributed by atoms with Gasteiger partial charge in [0.2, 0.25) is 0 Å². The van der Waals surface area contributed by atoms with E-state index in [1.165, 1.54) is 11.3 Å². The standard InChI is InChI=1S/C18H28N4O2S/c1-5-10-22-12-20-17-14(18(22)24)13(4)15(25-17)16(23)19-9-8-11-21(6-2)7-3/h12H,5-11H2,1-4H3,(H,19,23). The van der Waals surface area contributed by atoms with E-state index >= 15 is 0 Å². The molecular weight excluding hydrogens is 336 g/mol. The molecule has 0 aliphatic carbocycles. The number of thiophene rings is 1. The van der Waals surface area contributed by atoms with E-state index in [2.05, 4.69) is 29.0 Å². The first-order valence-corrected chi connectivity index (χ1v) is 9.84. The van der Waals surface area contributed by atoms with Crippen LogP contribution in [-0.2, 0) is 6.54 Å². The first-order valence-electron chi connectivity index (χ1n) is 9.02. The van der Waals surface area contributed by atoms with Gasteiger partial charge in [-0.15, -0.1) is 11.3 Å². The van der Waals surface area contributed by atoms with Gasteiger partial charge in [-0.25, -0.2) is 4.98 Å². The van der Waals surface area contributed by atoms with Crippen molar-refractivity contribution in [2.45, 2.75) is 47.1 Å². The van der Waals surface area contributed by atoms with Crippen LogP contribution >= 0.6 is 11.3 Å². The number of carbonyl (C=O) groups excluding carboxylic acids is 1. The van der Waals surface area contributed by atoms with Crippen molar-refractivity contribution in [3.05, 3.63) is 27.1 Å². The van der Waals surface area contributed by atoms with Gasteiger partial charge in [-0.2, -0.15) is 0 Å². The number of hydrogen-bond donors (Lipinski definition) is 1. The van der Waals surface area contributed by atoms with Crippen molar-refractivity contribution < 1.29 is 4.79 Å². The van der Waals surface area contributed by atoms with E-state index in [1.807, 2.05) is 13.8 Å². The van der Waals surface area contributed by atoms with Gasteiger partial charge >= 0.3 is 0 Å². The van der Waals surface area contributed by atoms with Gasteiger partial charge in [-0.05, 0) is 45.0 Å².